The molecule has 2 atom stereocenters. The van der Waals surface area contributed by atoms with E-state index in [4.69, 9.17) is 0 Å². The smallest absolute Gasteiger partial charge is 0.151 e. The Balaban J connectivity index is 2.37. The molecule has 0 amide bonds. The molecule has 0 aromatic carbocycles. The molecular formula is C11H24N2O2S. The molecule has 1 rings (SSSR count). The lowest BCUT2D eigenvalue weighted by atomic mass is 10.1. The zero-order valence-electron chi connectivity index (χ0n) is 10.6. The molecule has 0 saturated carbocycles. The maximum atomic E-state index is 11.6. The molecule has 0 bridgehead atoms. The van der Waals surface area contributed by atoms with E-state index in [0.717, 1.165) is 19.5 Å². The second-order valence-electron chi connectivity index (χ2n) is 4.88. The third-order valence-corrected chi connectivity index (χ3v) is 4.70. The van der Waals surface area contributed by atoms with Crippen molar-refractivity contribution in [2.24, 2.45) is 0 Å². The Hall–Kier alpha value is -0.130. The topological polar surface area (TPSA) is 49.4 Å². The average molecular weight is 248 g/mol. The Morgan fingerprint density at radius 1 is 1.19 bits per heavy atom. The number of rotatable bonds is 5. The predicted molar refractivity (Wildman–Crippen MR) is 67.4 cm³/mol. The summed E-state index contributed by atoms with van der Waals surface area (Å²) in [5.41, 5.74) is 0. The van der Waals surface area contributed by atoms with E-state index in [2.05, 4.69) is 24.1 Å². The van der Waals surface area contributed by atoms with Gasteiger partial charge in [0, 0.05) is 37.5 Å². The van der Waals surface area contributed by atoms with Crippen LogP contribution in [0.3, 0.4) is 0 Å². The predicted octanol–water partition coefficient (Wildman–Crippen LogP) is 0.493. The summed E-state index contributed by atoms with van der Waals surface area (Å²) in [6, 6.07) is 0.912. The highest BCUT2D eigenvalue weighted by atomic mass is 32.2. The molecule has 1 aliphatic heterocycles. The number of hydrogen-bond donors (Lipinski definition) is 1. The van der Waals surface area contributed by atoms with Gasteiger partial charge in [-0.2, -0.15) is 0 Å². The van der Waals surface area contributed by atoms with Crippen molar-refractivity contribution in [2.75, 3.05) is 31.1 Å². The third-order valence-electron chi connectivity index (χ3n) is 2.87. The monoisotopic (exact) mass is 248 g/mol. The van der Waals surface area contributed by atoms with Gasteiger partial charge in [-0.05, 0) is 20.3 Å². The molecule has 4 nitrogen and oxygen atoms in total. The summed E-state index contributed by atoms with van der Waals surface area (Å²) >= 11 is 0. The number of piperazine rings is 1. The molecule has 0 aliphatic carbocycles. The van der Waals surface area contributed by atoms with Crippen molar-refractivity contribution in [3.63, 3.8) is 0 Å². The molecule has 0 spiro atoms. The lowest BCUT2D eigenvalue weighted by molar-refractivity contribution is 0.182. The molecule has 0 aromatic rings. The summed E-state index contributed by atoms with van der Waals surface area (Å²) in [5.74, 6) is 0.629. The normalized spacial score (nSPS) is 28.2. The molecule has 0 radical (unpaired) electrons. The zero-order chi connectivity index (χ0) is 12.2. The molecule has 2 unspecified atom stereocenters. The summed E-state index contributed by atoms with van der Waals surface area (Å²) in [6.07, 6.45) is 0.719. The van der Waals surface area contributed by atoms with Crippen LogP contribution in [0, 0.1) is 0 Å². The Bertz CT molecular complexity index is 293. The second kappa shape index (κ2) is 5.98. The highest BCUT2D eigenvalue weighted by molar-refractivity contribution is 7.91. The van der Waals surface area contributed by atoms with E-state index in [1.807, 2.05) is 6.92 Å². The molecule has 1 N–H and O–H groups in total. The van der Waals surface area contributed by atoms with Crippen molar-refractivity contribution in [3.05, 3.63) is 0 Å². The maximum absolute atomic E-state index is 11.6. The summed E-state index contributed by atoms with van der Waals surface area (Å²) in [4.78, 5) is 2.25. The van der Waals surface area contributed by atoms with Crippen LogP contribution >= 0.6 is 0 Å². The van der Waals surface area contributed by atoms with Crippen LogP contribution in [-0.4, -0.2) is 56.5 Å². The standard InChI is InChI=1S/C11H24N2O2S/c1-4-6-16(14,15)7-5-13-8-10(2)12-11(3)9-13/h10-12H,4-9H2,1-3H3. The second-order valence-corrected chi connectivity index (χ2v) is 7.18. The number of hydrogen-bond acceptors (Lipinski definition) is 4. The van der Waals surface area contributed by atoms with E-state index >= 15 is 0 Å². The van der Waals surface area contributed by atoms with Gasteiger partial charge in [0.1, 0.15) is 0 Å². The first-order valence-electron chi connectivity index (χ1n) is 6.12. The highest BCUT2D eigenvalue weighted by Crippen LogP contribution is 2.05. The summed E-state index contributed by atoms with van der Waals surface area (Å²) in [5, 5.41) is 3.44. The van der Waals surface area contributed by atoms with Gasteiger partial charge < -0.3 is 5.32 Å². The minimum Gasteiger partial charge on any atom is -0.309 e. The van der Waals surface area contributed by atoms with Crippen molar-refractivity contribution in [1.29, 1.82) is 0 Å². The van der Waals surface area contributed by atoms with Crippen LogP contribution in [0.5, 0.6) is 0 Å². The fourth-order valence-corrected chi connectivity index (χ4v) is 3.67. The Kier molecular flexibility index (Phi) is 5.21. The van der Waals surface area contributed by atoms with Crippen molar-refractivity contribution in [3.8, 4) is 0 Å². The van der Waals surface area contributed by atoms with E-state index in [1.54, 1.807) is 0 Å². The van der Waals surface area contributed by atoms with Gasteiger partial charge in [0.2, 0.25) is 0 Å². The van der Waals surface area contributed by atoms with Crippen LogP contribution in [0.25, 0.3) is 0 Å². The van der Waals surface area contributed by atoms with E-state index in [9.17, 15) is 8.42 Å². The van der Waals surface area contributed by atoms with Crippen molar-refractivity contribution in [2.45, 2.75) is 39.3 Å². The molecule has 1 saturated heterocycles. The van der Waals surface area contributed by atoms with Gasteiger partial charge in [0.25, 0.3) is 0 Å². The van der Waals surface area contributed by atoms with Gasteiger partial charge in [-0.3, -0.25) is 4.90 Å². The first-order chi connectivity index (χ1) is 7.43. The lowest BCUT2D eigenvalue weighted by Crippen LogP contribution is -2.54. The maximum Gasteiger partial charge on any atom is 0.151 e. The fourth-order valence-electron chi connectivity index (χ4n) is 2.30. The van der Waals surface area contributed by atoms with E-state index in [0.29, 0.717) is 30.1 Å². The van der Waals surface area contributed by atoms with Gasteiger partial charge in [0.15, 0.2) is 9.84 Å². The van der Waals surface area contributed by atoms with Gasteiger partial charge in [-0.25, -0.2) is 8.42 Å². The van der Waals surface area contributed by atoms with Crippen molar-refractivity contribution >= 4 is 9.84 Å². The van der Waals surface area contributed by atoms with Crippen LogP contribution in [0.4, 0.5) is 0 Å². The third kappa shape index (κ3) is 4.80. The van der Waals surface area contributed by atoms with Crippen LogP contribution in [0.2, 0.25) is 0 Å². The van der Waals surface area contributed by atoms with Crippen molar-refractivity contribution in [1.82, 2.24) is 10.2 Å². The zero-order valence-corrected chi connectivity index (χ0v) is 11.4. The lowest BCUT2D eigenvalue weighted by Gasteiger charge is -2.36. The van der Waals surface area contributed by atoms with Crippen LogP contribution < -0.4 is 5.32 Å². The molecule has 1 aliphatic rings. The summed E-state index contributed by atoms with van der Waals surface area (Å²) in [7, 11) is -2.83. The van der Waals surface area contributed by atoms with Gasteiger partial charge in [0.05, 0.1) is 5.75 Å². The summed E-state index contributed by atoms with van der Waals surface area (Å²) < 4.78 is 23.2. The van der Waals surface area contributed by atoms with Crippen molar-refractivity contribution < 1.29 is 8.42 Å². The minimum atomic E-state index is -2.83. The molecule has 16 heavy (non-hydrogen) atoms. The highest BCUT2D eigenvalue weighted by Gasteiger charge is 2.22. The van der Waals surface area contributed by atoms with E-state index < -0.39 is 9.84 Å². The quantitative estimate of drug-likeness (QED) is 0.769. The van der Waals surface area contributed by atoms with Gasteiger partial charge in [-0.15, -0.1) is 0 Å². The number of sulfone groups is 1. The Labute approximate surface area is 99.3 Å². The molecule has 0 aromatic heterocycles. The number of nitrogens with one attached hydrogen (secondary N) is 1. The summed E-state index contributed by atoms with van der Waals surface area (Å²) in [6.45, 7) is 8.77. The first-order valence-corrected chi connectivity index (χ1v) is 7.94. The fraction of sp³-hybridized carbons (Fsp3) is 1.00. The van der Waals surface area contributed by atoms with Gasteiger partial charge >= 0.3 is 0 Å². The van der Waals surface area contributed by atoms with Crippen LogP contribution in [0.1, 0.15) is 27.2 Å². The largest absolute Gasteiger partial charge is 0.309 e. The SMILES string of the molecule is CCCS(=O)(=O)CCN1CC(C)NC(C)C1. The molecular weight excluding hydrogens is 224 g/mol. The minimum absolute atomic E-state index is 0.306. The van der Waals surface area contributed by atoms with E-state index in [-0.39, 0.29) is 0 Å². The number of nitrogens with zero attached hydrogens (tertiary/aromatic N) is 1. The molecule has 1 fully saturated rings. The Morgan fingerprint density at radius 2 is 1.75 bits per heavy atom. The Morgan fingerprint density at radius 3 is 2.25 bits per heavy atom. The molecule has 1 heterocycles. The van der Waals surface area contributed by atoms with Crippen LogP contribution in [0.15, 0.2) is 0 Å². The molecule has 5 heteroatoms. The average Bonchev–Trinajstić information content (AvgIpc) is 2.13. The first kappa shape index (κ1) is 13.9. The van der Waals surface area contributed by atoms with Gasteiger partial charge in [-0.1, -0.05) is 6.92 Å². The van der Waals surface area contributed by atoms with E-state index in [1.165, 1.54) is 0 Å². The van der Waals surface area contributed by atoms with Crippen LogP contribution in [-0.2, 0) is 9.84 Å². The molecule has 96 valence electrons.